The molecule has 1 fully saturated rings. The molecule has 2 N–H and O–H groups in total. The van der Waals surface area contributed by atoms with Crippen molar-refractivity contribution in [1.82, 2.24) is 4.90 Å². The molecule has 4 nitrogen and oxygen atoms in total. The smallest absolute Gasteiger partial charge is 0.123 e. The summed E-state index contributed by atoms with van der Waals surface area (Å²) >= 11 is 0. The topological polar surface area (TPSA) is 47.7 Å². The monoisotopic (exact) mass is 264 g/mol. The van der Waals surface area contributed by atoms with Gasteiger partial charge in [-0.25, -0.2) is 0 Å². The van der Waals surface area contributed by atoms with E-state index in [0.29, 0.717) is 12.6 Å². The first-order valence-corrected chi connectivity index (χ1v) is 6.87. The summed E-state index contributed by atoms with van der Waals surface area (Å²) in [6.07, 6.45) is 2.64. The normalized spacial score (nSPS) is 17.6. The predicted octanol–water partition coefficient (Wildman–Crippen LogP) is 1.76. The molecule has 1 aliphatic rings. The van der Waals surface area contributed by atoms with E-state index in [2.05, 4.69) is 11.0 Å². The zero-order valence-corrected chi connectivity index (χ0v) is 11.9. The number of ether oxygens (including phenoxy) is 2. The Morgan fingerprint density at radius 1 is 1.26 bits per heavy atom. The highest BCUT2D eigenvalue weighted by Gasteiger charge is 2.19. The third kappa shape index (κ3) is 3.69. The number of rotatable bonds is 5. The van der Waals surface area contributed by atoms with Crippen LogP contribution in [0, 0.1) is 0 Å². The molecule has 1 aliphatic heterocycles. The zero-order valence-electron chi connectivity index (χ0n) is 11.9. The Morgan fingerprint density at radius 3 is 2.58 bits per heavy atom. The second kappa shape index (κ2) is 6.89. The largest absolute Gasteiger partial charge is 0.496 e. The number of benzene rings is 1. The maximum atomic E-state index is 5.71. The van der Waals surface area contributed by atoms with Gasteiger partial charge >= 0.3 is 0 Å². The lowest BCUT2D eigenvalue weighted by Crippen LogP contribution is -2.36. The third-order valence-corrected chi connectivity index (χ3v) is 3.84. The van der Waals surface area contributed by atoms with Crippen molar-refractivity contribution in [1.29, 1.82) is 0 Å². The van der Waals surface area contributed by atoms with Crippen LogP contribution in [0.5, 0.6) is 5.75 Å². The highest BCUT2D eigenvalue weighted by molar-refractivity contribution is 5.37. The average molecular weight is 264 g/mol. The van der Waals surface area contributed by atoms with E-state index in [-0.39, 0.29) is 0 Å². The van der Waals surface area contributed by atoms with Crippen molar-refractivity contribution in [2.24, 2.45) is 5.73 Å². The van der Waals surface area contributed by atoms with Gasteiger partial charge in [-0.05, 0) is 30.5 Å². The lowest BCUT2D eigenvalue weighted by Gasteiger charge is -2.31. The summed E-state index contributed by atoms with van der Waals surface area (Å²) in [6.45, 7) is 3.65. The van der Waals surface area contributed by atoms with E-state index >= 15 is 0 Å². The van der Waals surface area contributed by atoms with Gasteiger partial charge in [0.05, 0.1) is 13.2 Å². The van der Waals surface area contributed by atoms with Gasteiger partial charge in [-0.2, -0.15) is 0 Å². The van der Waals surface area contributed by atoms with Crippen LogP contribution in [0.2, 0.25) is 0 Å². The molecule has 2 rings (SSSR count). The van der Waals surface area contributed by atoms with Crippen LogP contribution in [0.4, 0.5) is 0 Å². The molecule has 0 unspecified atom stereocenters. The number of methoxy groups -OCH3 is 2. The van der Waals surface area contributed by atoms with Crippen LogP contribution < -0.4 is 10.5 Å². The van der Waals surface area contributed by atoms with Crippen LogP contribution in [0.25, 0.3) is 0 Å². The predicted molar refractivity (Wildman–Crippen MR) is 76.2 cm³/mol. The van der Waals surface area contributed by atoms with E-state index in [9.17, 15) is 0 Å². The second-order valence-corrected chi connectivity index (χ2v) is 5.06. The van der Waals surface area contributed by atoms with Gasteiger partial charge in [-0.1, -0.05) is 6.07 Å². The van der Waals surface area contributed by atoms with Crippen LogP contribution in [0.1, 0.15) is 24.0 Å². The van der Waals surface area contributed by atoms with Gasteiger partial charge in [0, 0.05) is 38.9 Å². The molecule has 4 heteroatoms. The van der Waals surface area contributed by atoms with Crippen molar-refractivity contribution in [2.45, 2.75) is 32.0 Å². The van der Waals surface area contributed by atoms with E-state index in [1.54, 1.807) is 14.2 Å². The molecule has 0 aromatic heterocycles. The van der Waals surface area contributed by atoms with Gasteiger partial charge in [-0.15, -0.1) is 0 Å². The molecule has 106 valence electrons. The van der Waals surface area contributed by atoms with E-state index in [1.807, 2.05) is 12.1 Å². The van der Waals surface area contributed by atoms with Crippen molar-refractivity contribution in [2.75, 3.05) is 27.3 Å². The minimum Gasteiger partial charge on any atom is -0.496 e. The van der Waals surface area contributed by atoms with Gasteiger partial charge < -0.3 is 15.2 Å². The fraction of sp³-hybridized carbons (Fsp3) is 0.600. The molecule has 1 aromatic rings. The zero-order chi connectivity index (χ0) is 13.7. The third-order valence-electron chi connectivity index (χ3n) is 3.84. The maximum Gasteiger partial charge on any atom is 0.123 e. The Morgan fingerprint density at radius 2 is 2.00 bits per heavy atom. The summed E-state index contributed by atoms with van der Waals surface area (Å²) in [5.41, 5.74) is 8.09. The molecule has 1 heterocycles. The second-order valence-electron chi connectivity index (χ2n) is 5.06. The standard InChI is InChI=1S/C15H24N2O2/c1-18-14-5-7-17(8-6-14)11-13-9-12(10-16)3-4-15(13)19-2/h3-4,9,14H,5-8,10-11,16H2,1-2H3. The van der Waals surface area contributed by atoms with E-state index < -0.39 is 0 Å². The van der Waals surface area contributed by atoms with Crippen LogP contribution >= 0.6 is 0 Å². The van der Waals surface area contributed by atoms with E-state index in [1.165, 1.54) is 5.56 Å². The van der Waals surface area contributed by atoms with Crippen LogP contribution in [0.15, 0.2) is 18.2 Å². The number of likely N-dealkylation sites (tertiary alicyclic amines) is 1. The number of nitrogens with zero attached hydrogens (tertiary/aromatic N) is 1. The SMILES string of the molecule is COc1ccc(CN)cc1CN1CCC(OC)CC1. The Labute approximate surface area is 115 Å². The summed E-state index contributed by atoms with van der Waals surface area (Å²) in [7, 11) is 3.52. The Bertz CT molecular complexity index is 401. The van der Waals surface area contributed by atoms with Crippen LogP contribution in [-0.4, -0.2) is 38.3 Å². The fourth-order valence-corrected chi connectivity index (χ4v) is 2.63. The summed E-state index contributed by atoms with van der Waals surface area (Å²) in [5.74, 6) is 0.950. The summed E-state index contributed by atoms with van der Waals surface area (Å²) in [5, 5.41) is 0. The molecule has 0 spiro atoms. The summed E-state index contributed by atoms with van der Waals surface area (Å²) in [6, 6.07) is 6.19. The molecule has 0 aliphatic carbocycles. The number of nitrogens with two attached hydrogens (primary N) is 1. The molecule has 0 amide bonds. The molecular formula is C15H24N2O2. The highest BCUT2D eigenvalue weighted by atomic mass is 16.5. The summed E-state index contributed by atoms with van der Waals surface area (Å²) in [4.78, 5) is 2.45. The molecule has 0 bridgehead atoms. The van der Waals surface area contributed by atoms with Crippen molar-refractivity contribution in [3.8, 4) is 5.75 Å². The quantitative estimate of drug-likeness (QED) is 0.880. The molecule has 1 saturated heterocycles. The molecule has 19 heavy (non-hydrogen) atoms. The highest BCUT2D eigenvalue weighted by Crippen LogP contribution is 2.23. The van der Waals surface area contributed by atoms with Gasteiger partial charge in [0.25, 0.3) is 0 Å². The average Bonchev–Trinajstić information content (AvgIpc) is 2.48. The maximum absolute atomic E-state index is 5.71. The number of piperidine rings is 1. The van der Waals surface area contributed by atoms with Crippen LogP contribution in [-0.2, 0) is 17.8 Å². The molecule has 0 saturated carbocycles. The fourth-order valence-electron chi connectivity index (χ4n) is 2.63. The van der Waals surface area contributed by atoms with Gasteiger partial charge in [0.15, 0.2) is 0 Å². The first-order chi connectivity index (χ1) is 9.26. The minimum atomic E-state index is 0.425. The van der Waals surface area contributed by atoms with Crippen molar-refractivity contribution in [3.63, 3.8) is 0 Å². The Hall–Kier alpha value is -1.10. The lowest BCUT2D eigenvalue weighted by molar-refractivity contribution is 0.0387. The Balaban J connectivity index is 2.02. The number of hydrogen-bond donors (Lipinski definition) is 1. The van der Waals surface area contributed by atoms with Crippen LogP contribution in [0.3, 0.4) is 0 Å². The van der Waals surface area contributed by atoms with Crippen molar-refractivity contribution >= 4 is 0 Å². The first kappa shape index (κ1) is 14.3. The molecule has 0 atom stereocenters. The van der Waals surface area contributed by atoms with Crippen molar-refractivity contribution in [3.05, 3.63) is 29.3 Å². The van der Waals surface area contributed by atoms with Gasteiger partial charge in [-0.3, -0.25) is 4.90 Å². The molecule has 0 radical (unpaired) electrons. The van der Waals surface area contributed by atoms with Gasteiger partial charge in [0.1, 0.15) is 5.75 Å². The van der Waals surface area contributed by atoms with Gasteiger partial charge in [0.2, 0.25) is 0 Å². The lowest BCUT2D eigenvalue weighted by atomic mass is 10.0. The minimum absolute atomic E-state index is 0.425. The molecular weight excluding hydrogens is 240 g/mol. The number of hydrogen-bond acceptors (Lipinski definition) is 4. The summed E-state index contributed by atoms with van der Waals surface area (Å²) < 4.78 is 10.8. The first-order valence-electron chi connectivity index (χ1n) is 6.87. The Kier molecular flexibility index (Phi) is 5.19. The molecule has 1 aromatic carbocycles. The van der Waals surface area contributed by atoms with E-state index in [4.69, 9.17) is 15.2 Å². The van der Waals surface area contributed by atoms with E-state index in [0.717, 1.165) is 43.8 Å². The van der Waals surface area contributed by atoms with Crippen molar-refractivity contribution < 1.29 is 9.47 Å².